The van der Waals surface area contributed by atoms with Crippen LogP contribution in [0.2, 0.25) is 0 Å². The molecule has 1 aromatic carbocycles. The van der Waals surface area contributed by atoms with E-state index in [1.54, 1.807) is 7.11 Å². The van der Waals surface area contributed by atoms with E-state index < -0.39 is 0 Å². The summed E-state index contributed by atoms with van der Waals surface area (Å²) < 4.78 is 10.6. The van der Waals surface area contributed by atoms with Gasteiger partial charge in [-0.05, 0) is 30.9 Å². The lowest BCUT2D eigenvalue weighted by Crippen LogP contribution is -2.43. The number of carbonyl (C=O) groups excluding carboxylic acids is 1. The Balaban J connectivity index is 1.81. The van der Waals surface area contributed by atoms with Crippen molar-refractivity contribution in [2.75, 3.05) is 32.2 Å². The van der Waals surface area contributed by atoms with E-state index in [0.29, 0.717) is 25.2 Å². The average Bonchev–Trinajstić information content (AvgIpc) is 2.56. The van der Waals surface area contributed by atoms with Crippen molar-refractivity contribution in [2.45, 2.75) is 38.6 Å². The van der Waals surface area contributed by atoms with Crippen molar-refractivity contribution in [3.8, 4) is 5.75 Å². The number of hydrogen-bond donors (Lipinski definition) is 2. The van der Waals surface area contributed by atoms with Crippen LogP contribution in [-0.2, 0) is 9.53 Å². The third-order valence-electron chi connectivity index (χ3n) is 4.33. The van der Waals surface area contributed by atoms with Crippen LogP contribution in [0.4, 0.5) is 5.69 Å². The molecule has 0 aromatic heterocycles. The Kier molecular flexibility index (Phi) is 7.20. The molecule has 128 valence electrons. The van der Waals surface area contributed by atoms with Crippen LogP contribution in [0.5, 0.6) is 5.75 Å². The zero-order chi connectivity index (χ0) is 16.5. The van der Waals surface area contributed by atoms with Gasteiger partial charge in [0.15, 0.2) is 0 Å². The molecular formula is C18H28N2O3. The standard InChI is InChI=1S/C18H28N2O3/c1-14-7-3-4-8-15(14)20-18(21)13-19-16-9-5-6-10-17(16)23-12-11-22-2/h5-6,9-10,14-15,19H,3-4,7-8,11-13H2,1-2H3,(H,20,21)/t14-,15-/m0/s1. The van der Waals surface area contributed by atoms with Crippen LogP contribution in [0.15, 0.2) is 24.3 Å². The van der Waals surface area contributed by atoms with Gasteiger partial charge in [0.25, 0.3) is 0 Å². The lowest BCUT2D eigenvalue weighted by Gasteiger charge is -2.29. The maximum atomic E-state index is 12.2. The predicted molar refractivity (Wildman–Crippen MR) is 91.9 cm³/mol. The van der Waals surface area contributed by atoms with Crippen LogP contribution in [0.1, 0.15) is 32.6 Å². The molecule has 5 nitrogen and oxygen atoms in total. The summed E-state index contributed by atoms with van der Waals surface area (Å²) in [5.41, 5.74) is 0.829. The van der Waals surface area contributed by atoms with Gasteiger partial charge in [-0.1, -0.05) is 31.9 Å². The van der Waals surface area contributed by atoms with Crippen LogP contribution < -0.4 is 15.4 Å². The molecule has 0 spiro atoms. The van der Waals surface area contributed by atoms with Crippen molar-refractivity contribution < 1.29 is 14.3 Å². The lowest BCUT2D eigenvalue weighted by atomic mass is 9.86. The van der Waals surface area contributed by atoms with Gasteiger partial charge in [0, 0.05) is 13.2 Å². The largest absolute Gasteiger partial charge is 0.489 e. The van der Waals surface area contributed by atoms with E-state index in [2.05, 4.69) is 17.6 Å². The molecule has 1 saturated carbocycles. The van der Waals surface area contributed by atoms with Crippen molar-refractivity contribution in [2.24, 2.45) is 5.92 Å². The number of anilines is 1. The van der Waals surface area contributed by atoms with E-state index >= 15 is 0 Å². The van der Waals surface area contributed by atoms with Crippen molar-refractivity contribution in [1.82, 2.24) is 5.32 Å². The summed E-state index contributed by atoms with van der Waals surface area (Å²) >= 11 is 0. The van der Waals surface area contributed by atoms with Crippen LogP contribution in [0.3, 0.4) is 0 Å². The Labute approximate surface area is 138 Å². The number of para-hydroxylation sites is 2. The van der Waals surface area contributed by atoms with Crippen molar-refractivity contribution in [3.05, 3.63) is 24.3 Å². The molecule has 1 fully saturated rings. The molecule has 1 aliphatic carbocycles. The topological polar surface area (TPSA) is 59.6 Å². The van der Waals surface area contributed by atoms with Gasteiger partial charge in [-0.2, -0.15) is 0 Å². The number of rotatable bonds is 8. The first-order chi connectivity index (χ1) is 11.2. The number of benzene rings is 1. The molecule has 0 radical (unpaired) electrons. The first-order valence-corrected chi connectivity index (χ1v) is 8.44. The summed E-state index contributed by atoms with van der Waals surface area (Å²) in [5.74, 6) is 1.34. The average molecular weight is 320 g/mol. The number of hydrogen-bond acceptors (Lipinski definition) is 4. The summed E-state index contributed by atoms with van der Waals surface area (Å²) in [6.07, 6.45) is 4.77. The molecule has 1 aromatic rings. The number of amides is 1. The lowest BCUT2D eigenvalue weighted by molar-refractivity contribution is -0.120. The van der Waals surface area contributed by atoms with Gasteiger partial charge < -0.3 is 20.1 Å². The first kappa shape index (κ1) is 17.6. The fourth-order valence-electron chi connectivity index (χ4n) is 2.94. The third kappa shape index (κ3) is 5.75. The fraction of sp³-hybridized carbons (Fsp3) is 0.611. The number of carbonyl (C=O) groups is 1. The minimum Gasteiger partial charge on any atom is -0.489 e. The Bertz CT molecular complexity index is 493. The highest BCUT2D eigenvalue weighted by molar-refractivity contribution is 5.81. The van der Waals surface area contributed by atoms with Crippen molar-refractivity contribution in [1.29, 1.82) is 0 Å². The quantitative estimate of drug-likeness (QED) is 0.723. The molecule has 5 heteroatoms. The van der Waals surface area contributed by atoms with E-state index in [1.165, 1.54) is 19.3 Å². The van der Waals surface area contributed by atoms with Crippen LogP contribution in [0.25, 0.3) is 0 Å². The monoisotopic (exact) mass is 320 g/mol. The smallest absolute Gasteiger partial charge is 0.239 e. The molecule has 2 rings (SSSR count). The maximum Gasteiger partial charge on any atom is 0.239 e. The molecule has 0 saturated heterocycles. The van der Waals surface area contributed by atoms with E-state index in [0.717, 1.165) is 17.9 Å². The van der Waals surface area contributed by atoms with Crippen molar-refractivity contribution in [3.63, 3.8) is 0 Å². The summed E-state index contributed by atoms with van der Waals surface area (Å²) in [6.45, 7) is 3.50. The van der Waals surface area contributed by atoms with Crippen LogP contribution in [-0.4, -0.2) is 38.8 Å². The molecule has 2 N–H and O–H groups in total. The summed E-state index contributed by atoms with van der Waals surface area (Å²) in [4.78, 5) is 12.2. The minimum atomic E-state index is 0.0374. The third-order valence-corrected chi connectivity index (χ3v) is 4.33. The first-order valence-electron chi connectivity index (χ1n) is 8.44. The zero-order valence-corrected chi connectivity index (χ0v) is 14.1. The molecule has 0 unspecified atom stereocenters. The summed E-state index contributed by atoms with van der Waals surface area (Å²) in [7, 11) is 1.64. The fourth-order valence-corrected chi connectivity index (χ4v) is 2.94. The second-order valence-electron chi connectivity index (χ2n) is 6.13. The summed E-state index contributed by atoms with van der Waals surface area (Å²) in [5, 5.41) is 6.31. The Morgan fingerprint density at radius 1 is 1.22 bits per heavy atom. The van der Waals surface area contributed by atoms with Gasteiger partial charge in [0.2, 0.25) is 5.91 Å². The van der Waals surface area contributed by atoms with Gasteiger partial charge in [-0.15, -0.1) is 0 Å². The molecule has 1 amide bonds. The highest BCUT2D eigenvalue weighted by Gasteiger charge is 2.22. The Morgan fingerprint density at radius 2 is 2.00 bits per heavy atom. The molecule has 23 heavy (non-hydrogen) atoms. The Morgan fingerprint density at radius 3 is 2.78 bits per heavy atom. The normalized spacial score (nSPS) is 20.8. The maximum absolute atomic E-state index is 12.2. The molecule has 0 heterocycles. The zero-order valence-electron chi connectivity index (χ0n) is 14.1. The van der Waals surface area contributed by atoms with E-state index in [-0.39, 0.29) is 12.5 Å². The van der Waals surface area contributed by atoms with Gasteiger partial charge in [-0.25, -0.2) is 0 Å². The second kappa shape index (κ2) is 9.40. The number of ether oxygens (including phenoxy) is 2. The van der Waals surface area contributed by atoms with Gasteiger partial charge in [0.05, 0.1) is 18.8 Å². The second-order valence-corrected chi connectivity index (χ2v) is 6.13. The molecule has 1 aliphatic rings. The van der Waals surface area contributed by atoms with E-state index in [4.69, 9.17) is 9.47 Å². The van der Waals surface area contributed by atoms with E-state index in [9.17, 15) is 4.79 Å². The molecule has 0 aliphatic heterocycles. The highest BCUT2D eigenvalue weighted by Crippen LogP contribution is 2.24. The van der Waals surface area contributed by atoms with Crippen molar-refractivity contribution >= 4 is 11.6 Å². The van der Waals surface area contributed by atoms with Crippen LogP contribution >= 0.6 is 0 Å². The molecule has 0 bridgehead atoms. The van der Waals surface area contributed by atoms with Gasteiger partial charge in [0.1, 0.15) is 12.4 Å². The summed E-state index contributed by atoms with van der Waals surface area (Å²) in [6, 6.07) is 7.95. The van der Waals surface area contributed by atoms with Crippen LogP contribution in [0, 0.1) is 5.92 Å². The SMILES string of the molecule is COCCOc1ccccc1NCC(=O)N[C@H]1CCCC[C@@H]1C. The molecule has 2 atom stereocenters. The number of nitrogens with one attached hydrogen (secondary N) is 2. The highest BCUT2D eigenvalue weighted by atomic mass is 16.5. The predicted octanol–water partition coefficient (Wildman–Crippen LogP) is 2.82. The van der Waals surface area contributed by atoms with Gasteiger partial charge >= 0.3 is 0 Å². The van der Waals surface area contributed by atoms with E-state index in [1.807, 2.05) is 24.3 Å². The Hall–Kier alpha value is -1.75. The number of methoxy groups -OCH3 is 1. The van der Waals surface area contributed by atoms with Gasteiger partial charge in [-0.3, -0.25) is 4.79 Å². The minimum absolute atomic E-state index is 0.0374. The molecular weight excluding hydrogens is 292 g/mol.